The number of para-hydroxylation sites is 1. The Balaban J connectivity index is 1.87. The molecule has 3 aliphatic rings. The molecule has 1 aliphatic carbocycles. The summed E-state index contributed by atoms with van der Waals surface area (Å²) < 4.78 is 6.08. The zero-order valence-electron chi connectivity index (χ0n) is 10.3. The summed E-state index contributed by atoms with van der Waals surface area (Å²) in [5, 5.41) is 6.26. The maximum Gasteiger partial charge on any atom is 0.224 e. The summed E-state index contributed by atoms with van der Waals surface area (Å²) >= 11 is 0. The SMILES string of the molecule is C1=CCC2=C3Oc4ccccc4C=NN3C=CC2=C1. The lowest BCUT2D eigenvalue weighted by Gasteiger charge is -2.25. The van der Waals surface area contributed by atoms with Crippen LogP contribution in [0.1, 0.15) is 12.0 Å². The minimum atomic E-state index is 0.805. The van der Waals surface area contributed by atoms with Crippen LogP contribution in [0, 0.1) is 0 Å². The van der Waals surface area contributed by atoms with Gasteiger partial charge in [0.25, 0.3) is 0 Å². The molecule has 0 N–H and O–H groups in total. The molecule has 0 atom stereocenters. The first-order chi connectivity index (χ1) is 9.42. The van der Waals surface area contributed by atoms with Crippen molar-refractivity contribution < 1.29 is 4.74 Å². The van der Waals surface area contributed by atoms with Crippen molar-refractivity contribution in [1.82, 2.24) is 5.01 Å². The predicted molar refractivity (Wildman–Crippen MR) is 74.5 cm³/mol. The van der Waals surface area contributed by atoms with Crippen molar-refractivity contribution >= 4 is 6.21 Å². The summed E-state index contributed by atoms with van der Waals surface area (Å²) in [6.07, 6.45) is 13.0. The molecule has 0 amide bonds. The lowest BCUT2D eigenvalue weighted by atomic mass is 9.97. The highest BCUT2D eigenvalue weighted by molar-refractivity contribution is 5.84. The van der Waals surface area contributed by atoms with Crippen LogP contribution in [0.3, 0.4) is 0 Å². The van der Waals surface area contributed by atoms with Gasteiger partial charge >= 0.3 is 0 Å². The summed E-state index contributed by atoms with van der Waals surface area (Å²) in [4.78, 5) is 0. The normalized spacial score (nSPS) is 19.2. The zero-order chi connectivity index (χ0) is 12.7. The van der Waals surface area contributed by atoms with Crippen LogP contribution in [0.2, 0.25) is 0 Å². The Morgan fingerprint density at radius 1 is 1.21 bits per heavy atom. The molecule has 0 aromatic heterocycles. The molecular weight excluding hydrogens is 236 g/mol. The number of rotatable bonds is 0. The number of ether oxygens (including phenoxy) is 1. The summed E-state index contributed by atoms with van der Waals surface area (Å²) in [7, 11) is 0. The van der Waals surface area contributed by atoms with Crippen LogP contribution in [0.4, 0.5) is 0 Å². The molecule has 0 saturated heterocycles. The van der Waals surface area contributed by atoms with E-state index in [4.69, 9.17) is 4.74 Å². The molecule has 0 spiro atoms. The Morgan fingerprint density at radius 2 is 2.16 bits per heavy atom. The van der Waals surface area contributed by atoms with Crippen LogP contribution in [-0.4, -0.2) is 11.2 Å². The lowest BCUT2D eigenvalue weighted by Crippen LogP contribution is -2.20. The number of benzene rings is 1. The second kappa shape index (κ2) is 3.99. The first kappa shape index (κ1) is 10.4. The topological polar surface area (TPSA) is 24.8 Å². The molecule has 19 heavy (non-hydrogen) atoms. The van der Waals surface area contributed by atoms with E-state index in [0.717, 1.165) is 23.6 Å². The van der Waals surface area contributed by atoms with E-state index in [0.29, 0.717) is 0 Å². The van der Waals surface area contributed by atoms with E-state index in [1.54, 1.807) is 5.01 Å². The summed E-state index contributed by atoms with van der Waals surface area (Å²) in [5.41, 5.74) is 3.37. The fourth-order valence-corrected chi connectivity index (χ4v) is 2.41. The van der Waals surface area contributed by atoms with E-state index in [9.17, 15) is 0 Å². The average molecular weight is 248 g/mol. The largest absolute Gasteiger partial charge is 0.438 e. The Labute approximate surface area is 111 Å². The van der Waals surface area contributed by atoms with E-state index < -0.39 is 0 Å². The average Bonchev–Trinajstić information content (AvgIpc) is 2.66. The molecule has 3 heteroatoms. The standard InChI is InChI=1S/C16H12N2O/c1-3-7-14-12(5-1)9-10-18-16(14)19-15-8-4-2-6-13(15)11-17-18/h1-6,8-11H,7H2. The van der Waals surface area contributed by atoms with Crippen LogP contribution < -0.4 is 4.74 Å². The molecule has 0 radical (unpaired) electrons. The van der Waals surface area contributed by atoms with Gasteiger partial charge < -0.3 is 4.74 Å². The third-order valence-electron chi connectivity index (χ3n) is 3.39. The van der Waals surface area contributed by atoms with Crippen LogP contribution in [0.5, 0.6) is 5.75 Å². The lowest BCUT2D eigenvalue weighted by molar-refractivity contribution is 0.274. The molecule has 2 heterocycles. The van der Waals surface area contributed by atoms with Crippen molar-refractivity contribution in [2.24, 2.45) is 5.10 Å². The minimum absolute atomic E-state index is 0.805. The molecule has 0 bridgehead atoms. The smallest absolute Gasteiger partial charge is 0.224 e. The van der Waals surface area contributed by atoms with Gasteiger partial charge in [-0.3, -0.25) is 0 Å². The molecule has 0 fully saturated rings. The number of fused-ring (bicyclic) bond motifs is 3. The molecule has 0 unspecified atom stereocenters. The molecule has 4 rings (SSSR count). The van der Waals surface area contributed by atoms with Crippen molar-refractivity contribution in [2.75, 3.05) is 0 Å². The molecule has 1 aromatic carbocycles. The molecule has 3 nitrogen and oxygen atoms in total. The van der Waals surface area contributed by atoms with Crippen molar-refractivity contribution in [3.8, 4) is 5.75 Å². The van der Waals surface area contributed by atoms with Gasteiger partial charge in [-0.1, -0.05) is 30.4 Å². The van der Waals surface area contributed by atoms with Gasteiger partial charge in [-0.15, -0.1) is 0 Å². The van der Waals surface area contributed by atoms with E-state index in [-0.39, 0.29) is 0 Å². The van der Waals surface area contributed by atoms with Gasteiger partial charge in [-0.05, 0) is 30.2 Å². The third-order valence-corrected chi connectivity index (χ3v) is 3.39. The van der Waals surface area contributed by atoms with E-state index in [2.05, 4.69) is 29.4 Å². The molecule has 92 valence electrons. The highest BCUT2D eigenvalue weighted by Gasteiger charge is 2.24. The van der Waals surface area contributed by atoms with Crippen molar-refractivity contribution in [1.29, 1.82) is 0 Å². The maximum absolute atomic E-state index is 6.08. The van der Waals surface area contributed by atoms with Crippen molar-refractivity contribution in [3.63, 3.8) is 0 Å². The highest BCUT2D eigenvalue weighted by atomic mass is 16.5. The molecular formula is C16H12N2O. The van der Waals surface area contributed by atoms with Crippen LogP contribution in [0.25, 0.3) is 0 Å². The first-order valence-corrected chi connectivity index (χ1v) is 6.30. The van der Waals surface area contributed by atoms with Gasteiger partial charge in [0, 0.05) is 17.3 Å². The second-order valence-electron chi connectivity index (χ2n) is 4.58. The van der Waals surface area contributed by atoms with Gasteiger partial charge in [0.1, 0.15) is 5.75 Å². The van der Waals surface area contributed by atoms with Crippen LogP contribution in [0.15, 0.2) is 76.9 Å². The summed E-state index contributed by atoms with van der Waals surface area (Å²) in [5.74, 6) is 1.65. The van der Waals surface area contributed by atoms with Crippen LogP contribution in [-0.2, 0) is 0 Å². The van der Waals surface area contributed by atoms with Crippen molar-refractivity contribution in [2.45, 2.75) is 6.42 Å². The highest BCUT2D eigenvalue weighted by Crippen LogP contribution is 2.34. The third kappa shape index (κ3) is 1.63. The number of hydrazone groups is 1. The fraction of sp³-hybridized carbons (Fsp3) is 0.0625. The Kier molecular flexibility index (Phi) is 2.18. The quantitative estimate of drug-likeness (QED) is 0.703. The zero-order valence-corrected chi connectivity index (χ0v) is 10.3. The van der Waals surface area contributed by atoms with Gasteiger partial charge in [0.2, 0.25) is 5.88 Å². The Morgan fingerprint density at radius 3 is 3.16 bits per heavy atom. The Bertz CT molecular complexity index is 692. The monoisotopic (exact) mass is 248 g/mol. The Hall–Kier alpha value is -2.55. The van der Waals surface area contributed by atoms with Crippen LogP contribution >= 0.6 is 0 Å². The van der Waals surface area contributed by atoms with E-state index in [1.807, 2.05) is 36.7 Å². The predicted octanol–water partition coefficient (Wildman–Crippen LogP) is 3.34. The second-order valence-corrected chi connectivity index (χ2v) is 4.58. The summed E-state index contributed by atoms with van der Waals surface area (Å²) in [6.45, 7) is 0. The summed E-state index contributed by atoms with van der Waals surface area (Å²) in [6, 6.07) is 7.94. The number of allylic oxidation sites excluding steroid dienone is 6. The van der Waals surface area contributed by atoms with Gasteiger partial charge in [0.05, 0.1) is 6.21 Å². The first-order valence-electron chi connectivity index (χ1n) is 6.30. The molecule has 0 saturated carbocycles. The van der Waals surface area contributed by atoms with Gasteiger partial charge in [-0.25, -0.2) is 5.01 Å². The van der Waals surface area contributed by atoms with Crippen molar-refractivity contribution in [3.05, 3.63) is 77.4 Å². The number of hydrogen-bond acceptors (Lipinski definition) is 3. The minimum Gasteiger partial charge on any atom is -0.438 e. The van der Waals surface area contributed by atoms with Gasteiger partial charge in [-0.2, -0.15) is 5.10 Å². The number of nitrogens with zero attached hydrogens (tertiary/aromatic N) is 2. The van der Waals surface area contributed by atoms with Gasteiger partial charge in [0.15, 0.2) is 0 Å². The number of hydrogen-bond donors (Lipinski definition) is 0. The molecule has 2 aliphatic heterocycles. The van der Waals surface area contributed by atoms with E-state index >= 15 is 0 Å². The fourth-order valence-electron chi connectivity index (χ4n) is 2.41. The maximum atomic E-state index is 6.08. The van der Waals surface area contributed by atoms with E-state index in [1.165, 1.54) is 11.1 Å². The molecule has 1 aromatic rings.